The lowest BCUT2D eigenvalue weighted by atomic mass is 10.3. The van der Waals surface area contributed by atoms with Crippen LogP contribution < -0.4 is 15.4 Å². The predicted molar refractivity (Wildman–Crippen MR) is 81.6 cm³/mol. The Bertz CT molecular complexity index is 548. The topological polar surface area (TPSA) is 84.9 Å². The molecule has 0 spiro atoms. The molecule has 2 N–H and O–H groups in total. The summed E-state index contributed by atoms with van der Waals surface area (Å²) >= 11 is 0. The number of hydrogen-bond donors (Lipinski definition) is 2. The highest BCUT2D eigenvalue weighted by Crippen LogP contribution is 2.10. The van der Waals surface area contributed by atoms with E-state index in [4.69, 9.17) is 4.74 Å². The van der Waals surface area contributed by atoms with Crippen LogP contribution in [0.15, 0.2) is 24.4 Å². The third kappa shape index (κ3) is 4.87. The van der Waals surface area contributed by atoms with Crippen molar-refractivity contribution in [1.29, 1.82) is 0 Å². The van der Waals surface area contributed by atoms with Crippen molar-refractivity contribution in [2.24, 2.45) is 0 Å². The highest BCUT2D eigenvalue weighted by molar-refractivity contribution is 5.35. The Labute approximate surface area is 124 Å². The summed E-state index contributed by atoms with van der Waals surface area (Å²) in [5.41, 5.74) is 1.02. The van der Waals surface area contributed by atoms with Crippen LogP contribution in [0, 0.1) is 0 Å². The summed E-state index contributed by atoms with van der Waals surface area (Å²) in [6.45, 7) is 3.58. The molecule has 0 saturated heterocycles. The van der Waals surface area contributed by atoms with E-state index in [0.717, 1.165) is 25.1 Å². The Morgan fingerprint density at radius 2 is 1.81 bits per heavy atom. The Morgan fingerprint density at radius 3 is 2.43 bits per heavy atom. The molecule has 7 heteroatoms. The first-order valence-electron chi connectivity index (χ1n) is 6.99. The molecule has 0 radical (unpaired) electrons. The van der Waals surface area contributed by atoms with E-state index in [2.05, 4.69) is 37.5 Å². The van der Waals surface area contributed by atoms with Gasteiger partial charge in [-0.15, -0.1) is 0 Å². The highest BCUT2D eigenvalue weighted by Gasteiger charge is 2.06. The zero-order chi connectivity index (χ0) is 14.9. The molecule has 0 aliphatic carbocycles. The molecule has 2 rings (SSSR count). The van der Waals surface area contributed by atoms with Crippen LogP contribution in [0.5, 0.6) is 6.01 Å². The Balaban J connectivity index is 1.95. The van der Waals surface area contributed by atoms with Gasteiger partial charge in [-0.2, -0.15) is 15.0 Å². The standard InChI is InChI=1S/C14H20N6O/c1-3-8-16-12-18-13(20-14(19-12)21-2)17-10-7-11-6-4-5-9-15-11/h4-6,9H,3,7-8,10H2,1-2H3,(H2,16,17,18,19,20). The van der Waals surface area contributed by atoms with Crippen LogP contribution in [0.3, 0.4) is 0 Å². The van der Waals surface area contributed by atoms with Crippen molar-refractivity contribution in [3.05, 3.63) is 30.1 Å². The van der Waals surface area contributed by atoms with Gasteiger partial charge in [-0.3, -0.25) is 4.98 Å². The molecule has 0 aromatic carbocycles. The van der Waals surface area contributed by atoms with E-state index in [1.54, 1.807) is 6.20 Å². The van der Waals surface area contributed by atoms with Crippen LogP contribution in [-0.4, -0.2) is 40.1 Å². The third-order valence-electron chi connectivity index (χ3n) is 2.72. The molecule has 2 aromatic heterocycles. The van der Waals surface area contributed by atoms with Crippen LogP contribution in [0.4, 0.5) is 11.9 Å². The van der Waals surface area contributed by atoms with Gasteiger partial charge in [0.15, 0.2) is 0 Å². The quantitative estimate of drug-likeness (QED) is 0.765. The van der Waals surface area contributed by atoms with Crippen molar-refractivity contribution in [2.45, 2.75) is 19.8 Å². The van der Waals surface area contributed by atoms with Gasteiger partial charge in [0.1, 0.15) is 0 Å². The first-order chi connectivity index (χ1) is 10.3. The normalized spacial score (nSPS) is 10.2. The van der Waals surface area contributed by atoms with Crippen molar-refractivity contribution in [1.82, 2.24) is 19.9 Å². The van der Waals surface area contributed by atoms with E-state index in [1.807, 2.05) is 18.2 Å². The number of nitrogens with one attached hydrogen (secondary N) is 2. The van der Waals surface area contributed by atoms with Gasteiger partial charge in [0.2, 0.25) is 11.9 Å². The molecule has 0 atom stereocenters. The van der Waals surface area contributed by atoms with Crippen LogP contribution in [0.1, 0.15) is 19.0 Å². The zero-order valence-electron chi connectivity index (χ0n) is 12.3. The summed E-state index contributed by atoms with van der Waals surface area (Å²) in [5, 5.41) is 6.29. The number of hydrogen-bond acceptors (Lipinski definition) is 7. The van der Waals surface area contributed by atoms with E-state index >= 15 is 0 Å². The summed E-state index contributed by atoms with van der Waals surface area (Å²) in [4.78, 5) is 16.9. The van der Waals surface area contributed by atoms with Gasteiger partial charge in [0, 0.05) is 31.4 Å². The molecule has 2 aromatic rings. The fraction of sp³-hybridized carbons (Fsp3) is 0.429. The molecule has 0 fully saturated rings. The average molecular weight is 288 g/mol. The Morgan fingerprint density at radius 1 is 1.05 bits per heavy atom. The highest BCUT2D eigenvalue weighted by atomic mass is 16.5. The summed E-state index contributed by atoms with van der Waals surface area (Å²) in [5.74, 6) is 1.01. The Hall–Kier alpha value is -2.44. The Kier molecular flexibility index (Phi) is 5.69. The third-order valence-corrected chi connectivity index (χ3v) is 2.72. The monoisotopic (exact) mass is 288 g/mol. The number of methoxy groups -OCH3 is 1. The molecule has 21 heavy (non-hydrogen) atoms. The zero-order valence-corrected chi connectivity index (χ0v) is 12.3. The average Bonchev–Trinajstić information content (AvgIpc) is 2.53. The van der Waals surface area contributed by atoms with Gasteiger partial charge in [-0.25, -0.2) is 0 Å². The largest absolute Gasteiger partial charge is 0.467 e. The van der Waals surface area contributed by atoms with Gasteiger partial charge in [0.05, 0.1) is 7.11 Å². The first-order valence-corrected chi connectivity index (χ1v) is 6.99. The van der Waals surface area contributed by atoms with Gasteiger partial charge < -0.3 is 15.4 Å². The van der Waals surface area contributed by atoms with Crippen LogP contribution in [0.2, 0.25) is 0 Å². The number of anilines is 2. The van der Waals surface area contributed by atoms with E-state index in [1.165, 1.54) is 7.11 Å². The van der Waals surface area contributed by atoms with Gasteiger partial charge in [-0.1, -0.05) is 13.0 Å². The number of aromatic nitrogens is 4. The van der Waals surface area contributed by atoms with Crippen molar-refractivity contribution in [3.63, 3.8) is 0 Å². The van der Waals surface area contributed by atoms with E-state index in [0.29, 0.717) is 24.5 Å². The van der Waals surface area contributed by atoms with Crippen LogP contribution in [0.25, 0.3) is 0 Å². The lowest BCUT2D eigenvalue weighted by molar-refractivity contribution is 0.379. The second-order valence-electron chi connectivity index (χ2n) is 4.39. The first kappa shape index (κ1) is 15.0. The molecule has 0 bridgehead atoms. The minimum absolute atomic E-state index is 0.295. The van der Waals surface area contributed by atoms with E-state index < -0.39 is 0 Å². The fourth-order valence-electron chi connectivity index (χ4n) is 1.69. The van der Waals surface area contributed by atoms with Crippen LogP contribution in [-0.2, 0) is 6.42 Å². The summed E-state index contributed by atoms with van der Waals surface area (Å²) in [6, 6.07) is 6.16. The lowest BCUT2D eigenvalue weighted by Crippen LogP contribution is -2.12. The number of ether oxygens (including phenoxy) is 1. The molecule has 112 valence electrons. The fourth-order valence-corrected chi connectivity index (χ4v) is 1.69. The molecule has 0 aliphatic rings. The number of nitrogens with zero attached hydrogens (tertiary/aromatic N) is 4. The summed E-state index contributed by atoms with van der Waals surface area (Å²) < 4.78 is 5.09. The smallest absolute Gasteiger partial charge is 0.322 e. The maximum absolute atomic E-state index is 5.09. The molecule has 0 unspecified atom stereocenters. The van der Waals surface area contributed by atoms with Crippen molar-refractivity contribution < 1.29 is 4.74 Å². The molecule has 0 aliphatic heterocycles. The minimum atomic E-state index is 0.295. The summed E-state index contributed by atoms with van der Waals surface area (Å²) in [7, 11) is 1.54. The SMILES string of the molecule is CCCNc1nc(NCCc2ccccn2)nc(OC)n1. The molecule has 0 amide bonds. The second kappa shape index (κ2) is 7.98. The van der Waals surface area contributed by atoms with Gasteiger partial charge >= 0.3 is 6.01 Å². The molecule has 2 heterocycles. The number of rotatable bonds is 8. The minimum Gasteiger partial charge on any atom is -0.467 e. The maximum atomic E-state index is 5.09. The van der Waals surface area contributed by atoms with Crippen molar-refractivity contribution in [3.8, 4) is 6.01 Å². The molecular formula is C14H20N6O. The summed E-state index contributed by atoms with van der Waals surface area (Å²) in [6.07, 6.45) is 3.58. The molecule has 0 saturated carbocycles. The van der Waals surface area contributed by atoms with Crippen molar-refractivity contribution >= 4 is 11.9 Å². The van der Waals surface area contributed by atoms with Gasteiger partial charge in [0.25, 0.3) is 0 Å². The van der Waals surface area contributed by atoms with Crippen LogP contribution >= 0.6 is 0 Å². The second-order valence-corrected chi connectivity index (χ2v) is 4.39. The maximum Gasteiger partial charge on any atom is 0.322 e. The predicted octanol–water partition coefficient (Wildman–Crippen LogP) is 1.75. The molecular weight excluding hydrogens is 268 g/mol. The lowest BCUT2D eigenvalue weighted by Gasteiger charge is -2.08. The van der Waals surface area contributed by atoms with Crippen molar-refractivity contribution in [2.75, 3.05) is 30.8 Å². The van der Waals surface area contributed by atoms with E-state index in [9.17, 15) is 0 Å². The van der Waals surface area contributed by atoms with E-state index in [-0.39, 0.29) is 0 Å². The van der Waals surface area contributed by atoms with Gasteiger partial charge in [-0.05, 0) is 18.6 Å². The number of pyridine rings is 1. The molecule has 7 nitrogen and oxygen atoms in total.